The summed E-state index contributed by atoms with van der Waals surface area (Å²) in [5.74, 6) is 0.615. The summed E-state index contributed by atoms with van der Waals surface area (Å²) in [6.45, 7) is 4.84. The van der Waals surface area contributed by atoms with Crippen LogP contribution in [0.2, 0.25) is 0 Å². The van der Waals surface area contributed by atoms with Gasteiger partial charge in [0.05, 0.1) is 12.7 Å². The van der Waals surface area contributed by atoms with Crippen LogP contribution in [0.4, 0.5) is 0 Å². The Hall–Kier alpha value is -1.29. The molecule has 0 saturated heterocycles. The van der Waals surface area contributed by atoms with Gasteiger partial charge in [0.25, 0.3) is 5.95 Å². The molecule has 1 rings (SSSR count). The van der Waals surface area contributed by atoms with Gasteiger partial charge in [0.1, 0.15) is 6.61 Å². The van der Waals surface area contributed by atoms with E-state index in [0.717, 1.165) is 0 Å². The van der Waals surface area contributed by atoms with Crippen LogP contribution >= 0.6 is 0 Å². The summed E-state index contributed by atoms with van der Waals surface area (Å²) in [6, 6.07) is 3.17. The van der Waals surface area contributed by atoms with Gasteiger partial charge in [0, 0.05) is 6.07 Å². The monoisotopic (exact) mass is 198 g/mol. The van der Waals surface area contributed by atoms with Gasteiger partial charge < -0.3 is 13.9 Å². The topological polar surface area (TPSA) is 48.7 Å². The van der Waals surface area contributed by atoms with E-state index in [9.17, 15) is 4.79 Å². The lowest BCUT2D eigenvalue weighted by Gasteiger charge is -2.06. The van der Waals surface area contributed by atoms with Crippen LogP contribution in [-0.2, 0) is 4.74 Å². The Morgan fingerprint density at radius 1 is 1.43 bits per heavy atom. The molecule has 1 aromatic heterocycles. The van der Waals surface area contributed by atoms with Gasteiger partial charge in [-0.15, -0.1) is 0 Å². The largest absolute Gasteiger partial charge is 0.463 e. The van der Waals surface area contributed by atoms with Crippen molar-refractivity contribution in [3.63, 3.8) is 0 Å². The zero-order valence-corrected chi connectivity index (χ0v) is 8.36. The predicted molar refractivity (Wildman–Crippen MR) is 50.7 cm³/mol. The van der Waals surface area contributed by atoms with Crippen molar-refractivity contribution >= 4 is 6.29 Å². The number of rotatable bonds is 6. The Balaban J connectivity index is 2.21. The van der Waals surface area contributed by atoms with Crippen molar-refractivity contribution < 1.29 is 18.7 Å². The summed E-state index contributed by atoms with van der Waals surface area (Å²) in [6.07, 6.45) is 0.832. The van der Waals surface area contributed by atoms with Crippen molar-refractivity contribution in [1.82, 2.24) is 0 Å². The second kappa shape index (κ2) is 5.44. The van der Waals surface area contributed by atoms with E-state index >= 15 is 0 Å². The van der Waals surface area contributed by atoms with Gasteiger partial charge in [0.15, 0.2) is 12.0 Å². The van der Waals surface area contributed by atoms with Gasteiger partial charge in [-0.3, -0.25) is 4.79 Å². The molecule has 0 aliphatic carbocycles. The molecule has 0 aliphatic heterocycles. The van der Waals surface area contributed by atoms with Gasteiger partial charge in [0.2, 0.25) is 0 Å². The molecule has 4 heteroatoms. The lowest BCUT2D eigenvalue weighted by Crippen LogP contribution is -2.10. The van der Waals surface area contributed by atoms with Crippen LogP contribution in [0.1, 0.15) is 24.4 Å². The molecule has 0 bridgehead atoms. The van der Waals surface area contributed by atoms with Crippen LogP contribution in [0.5, 0.6) is 5.95 Å². The molecule has 0 aliphatic rings. The van der Waals surface area contributed by atoms with E-state index in [1.807, 2.05) is 13.8 Å². The number of carbonyl (C=O) groups excluding carboxylic acids is 1. The average molecular weight is 198 g/mol. The van der Waals surface area contributed by atoms with Crippen molar-refractivity contribution in [2.75, 3.05) is 13.2 Å². The highest BCUT2D eigenvalue weighted by Gasteiger charge is 2.01. The van der Waals surface area contributed by atoms with Crippen LogP contribution in [0, 0.1) is 0 Å². The molecule has 0 fully saturated rings. The number of furan rings is 1. The summed E-state index contributed by atoms with van der Waals surface area (Å²) in [5, 5.41) is 0. The number of carbonyl (C=O) groups is 1. The van der Waals surface area contributed by atoms with E-state index in [2.05, 4.69) is 0 Å². The minimum Gasteiger partial charge on any atom is -0.463 e. The summed E-state index contributed by atoms with van der Waals surface area (Å²) in [4.78, 5) is 10.3. The summed E-state index contributed by atoms with van der Waals surface area (Å²) < 4.78 is 15.4. The van der Waals surface area contributed by atoms with E-state index in [0.29, 0.717) is 25.4 Å². The first-order chi connectivity index (χ1) is 6.72. The molecule has 14 heavy (non-hydrogen) atoms. The Kier molecular flexibility index (Phi) is 4.19. The van der Waals surface area contributed by atoms with Crippen LogP contribution in [-0.4, -0.2) is 25.6 Å². The second-order valence-corrected chi connectivity index (χ2v) is 3.04. The Morgan fingerprint density at radius 3 is 2.79 bits per heavy atom. The molecule has 1 aromatic rings. The first-order valence-corrected chi connectivity index (χ1v) is 4.52. The van der Waals surface area contributed by atoms with Crippen molar-refractivity contribution in [2.24, 2.45) is 0 Å². The average Bonchev–Trinajstić information content (AvgIpc) is 2.60. The maximum absolute atomic E-state index is 10.3. The van der Waals surface area contributed by atoms with Crippen molar-refractivity contribution in [1.29, 1.82) is 0 Å². The number of hydrogen-bond acceptors (Lipinski definition) is 4. The quantitative estimate of drug-likeness (QED) is 0.517. The third kappa shape index (κ3) is 3.62. The maximum atomic E-state index is 10.3. The smallest absolute Gasteiger partial charge is 0.284 e. The SMILES string of the molecule is CC(C)OCCOc1ccc(C=O)o1. The zero-order valence-electron chi connectivity index (χ0n) is 8.36. The highest BCUT2D eigenvalue weighted by molar-refractivity contribution is 5.70. The molecule has 0 unspecified atom stereocenters. The third-order valence-corrected chi connectivity index (χ3v) is 1.50. The number of hydrogen-bond donors (Lipinski definition) is 0. The standard InChI is InChI=1S/C10H14O4/c1-8(2)12-5-6-13-10-4-3-9(7-11)14-10/h3-4,7-8H,5-6H2,1-2H3. The van der Waals surface area contributed by atoms with Crippen molar-refractivity contribution in [3.05, 3.63) is 17.9 Å². The minimum atomic E-state index is 0.195. The van der Waals surface area contributed by atoms with E-state index in [4.69, 9.17) is 13.9 Å². The Bertz CT molecular complexity index is 277. The van der Waals surface area contributed by atoms with E-state index in [-0.39, 0.29) is 11.9 Å². The molecule has 0 spiro atoms. The Labute approximate surface area is 82.8 Å². The van der Waals surface area contributed by atoms with Crippen molar-refractivity contribution in [2.45, 2.75) is 20.0 Å². The van der Waals surface area contributed by atoms with Crippen molar-refractivity contribution in [3.8, 4) is 5.95 Å². The fourth-order valence-corrected chi connectivity index (χ4v) is 0.901. The molecular formula is C10H14O4. The molecule has 0 N–H and O–H groups in total. The van der Waals surface area contributed by atoms with Crippen LogP contribution < -0.4 is 4.74 Å². The lowest BCUT2D eigenvalue weighted by atomic mass is 10.5. The summed E-state index contributed by atoms with van der Waals surface area (Å²) >= 11 is 0. The lowest BCUT2D eigenvalue weighted by molar-refractivity contribution is 0.0493. The summed E-state index contributed by atoms with van der Waals surface area (Å²) in [5.41, 5.74) is 0. The normalized spacial score (nSPS) is 10.5. The first-order valence-electron chi connectivity index (χ1n) is 4.52. The fraction of sp³-hybridized carbons (Fsp3) is 0.500. The first kappa shape index (κ1) is 10.8. The van der Waals surface area contributed by atoms with Crippen LogP contribution in [0.15, 0.2) is 16.5 Å². The van der Waals surface area contributed by atoms with E-state index < -0.39 is 0 Å². The molecule has 4 nitrogen and oxygen atoms in total. The van der Waals surface area contributed by atoms with Gasteiger partial charge in [-0.2, -0.15) is 0 Å². The molecule has 1 heterocycles. The third-order valence-electron chi connectivity index (χ3n) is 1.50. The van der Waals surface area contributed by atoms with Gasteiger partial charge in [-0.05, 0) is 19.9 Å². The molecule has 0 amide bonds. The highest BCUT2D eigenvalue weighted by atomic mass is 16.6. The number of ether oxygens (including phenoxy) is 2. The summed E-state index contributed by atoms with van der Waals surface area (Å²) in [7, 11) is 0. The molecule has 0 atom stereocenters. The molecule has 0 aromatic carbocycles. The number of aldehydes is 1. The Morgan fingerprint density at radius 2 is 2.21 bits per heavy atom. The zero-order chi connectivity index (χ0) is 10.4. The second-order valence-electron chi connectivity index (χ2n) is 3.04. The van der Waals surface area contributed by atoms with E-state index in [1.54, 1.807) is 12.1 Å². The molecule has 78 valence electrons. The van der Waals surface area contributed by atoms with Crippen LogP contribution in [0.25, 0.3) is 0 Å². The fourth-order valence-electron chi connectivity index (χ4n) is 0.901. The minimum absolute atomic E-state index is 0.195. The molecule has 0 radical (unpaired) electrons. The van der Waals surface area contributed by atoms with Gasteiger partial charge >= 0.3 is 0 Å². The van der Waals surface area contributed by atoms with Crippen LogP contribution in [0.3, 0.4) is 0 Å². The maximum Gasteiger partial charge on any atom is 0.284 e. The molecular weight excluding hydrogens is 184 g/mol. The van der Waals surface area contributed by atoms with E-state index in [1.165, 1.54) is 0 Å². The molecule has 0 saturated carbocycles. The van der Waals surface area contributed by atoms with Gasteiger partial charge in [-0.1, -0.05) is 0 Å². The predicted octanol–water partition coefficient (Wildman–Crippen LogP) is 1.90. The highest BCUT2D eigenvalue weighted by Crippen LogP contribution is 2.13. The van der Waals surface area contributed by atoms with Gasteiger partial charge in [-0.25, -0.2) is 0 Å².